The zero-order valence-corrected chi connectivity index (χ0v) is 82.9. The standard InChI is InChI=1S/C20H22FNOS.C20H22FNS.C19H18FNOS.C19H20FNS.C12H15NS.C7H4ClFO.CH3.Al.BrH.3ClH.Mg/c1-20(23,14-8-10-15(21)11-9-14)19-16-6-4-5-7-17(16)24-18(19)12-13-22(2)3;1-14(15-8-10-16(21)11-9-15)20-17-6-4-5-7-18(17)23-19(20)12-13-22(2)3;1-21(2)12-11-17-18(15-5-3-4-6-16(15)23-17)19(22)13-7-9-14(20)10-8-13;1-21(2)12-11-19-17(13-14-7-9-15(20)10-8-14)16-5-3-4-6-18(16)22-19;1-13(2)8-7-11-9-10-5-3-4-6-12(10)14-11;8-7(10)5-1-3-6(9)4-2-5;;;;;;;/h4-11,23H,12-13H2,1-3H3;4-11,14H,12-13H2,1-3H3;3-10H,11-12H2,1-2H3;3-10H,11-13H2,1-2H3;3-6,9H,7-8H2,1-2H3;1-4H;1H3;;4*1H;/q;;;;;;-1;+3;;;;;+2/p-4. The summed E-state index contributed by atoms with van der Waals surface area (Å²) in [6, 6.07) is 74.9. The Morgan fingerprint density at radius 2 is 0.772 bits per heavy atom. The molecule has 0 aliphatic carbocycles. The largest absolute Gasteiger partial charge is 2.00 e. The summed E-state index contributed by atoms with van der Waals surface area (Å²) in [6.45, 7) is 9.04. The molecule has 15 rings (SSSR count). The quantitative estimate of drug-likeness (QED) is 0.0211. The van der Waals surface area contributed by atoms with Crippen molar-refractivity contribution in [3.05, 3.63) is 360 Å². The SMILES string of the molecule is CC(c1ccc(F)cc1)c1c(CCN(C)C)sc2ccccc12.CN(C)CCc1cc2ccccc2s1.CN(C)CCc1sc2ccccc2c1C(=O)c1ccc(F)cc1.CN(C)CCc1sc2ccccc2c1C(C)(O)c1ccc(F)cc1.CN(C)CCc1sc2ccccc2c1Cc1ccc(F)cc1.O=C(Cl)c1ccc(F)cc1.[Br-].[CH3-].[Cl][Al]([Cl])[Cl].[Mg+2]. The van der Waals surface area contributed by atoms with E-state index in [0.717, 1.165) is 108 Å². The molecular formula is C98H104AlBrCl4F5MgN5O3S5. The van der Waals surface area contributed by atoms with Crippen LogP contribution >= 0.6 is 98.4 Å². The number of benzene rings is 10. The average molecular weight is 1930 g/mol. The van der Waals surface area contributed by atoms with E-state index in [9.17, 15) is 36.6 Å². The molecule has 0 amide bonds. The number of likely N-dealkylation sites (N-methyl/N-ethyl adjacent to an activating group) is 5. The molecule has 10 aromatic carbocycles. The fourth-order valence-corrected chi connectivity index (χ4v) is 19.6. The topological polar surface area (TPSA) is 70.6 Å². The number of thiophene rings is 5. The molecule has 5 heterocycles. The summed E-state index contributed by atoms with van der Waals surface area (Å²) in [6.07, 6.45) is 5.84. The maximum Gasteiger partial charge on any atom is 2.00 e. The molecule has 0 saturated heterocycles. The molecule has 123 heavy (non-hydrogen) atoms. The van der Waals surface area contributed by atoms with Crippen molar-refractivity contribution in [1.29, 1.82) is 0 Å². The summed E-state index contributed by atoms with van der Waals surface area (Å²) >= 11 is 12.5. The van der Waals surface area contributed by atoms with Gasteiger partial charge in [-0.2, -0.15) is 0 Å². The van der Waals surface area contributed by atoms with Gasteiger partial charge in [0.05, 0.1) is 0 Å². The zero-order valence-electron chi connectivity index (χ0n) is 71.6. The van der Waals surface area contributed by atoms with Gasteiger partial charge in [0.15, 0.2) is 5.78 Å². The normalized spacial score (nSPS) is 11.6. The van der Waals surface area contributed by atoms with Crippen molar-refractivity contribution in [2.75, 3.05) is 103 Å². The first-order chi connectivity index (χ1) is 57.3. The first kappa shape index (κ1) is 105. The number of halogens is 10. The van der Waals surface area contributed by atoms with Crippen LogP contribution in [0.25, 0.3) is 50.4 Å². The van der Waals surface area contributed by atoms with E-state index in [4.69, 9.17) is 41.7 Å². The molecule has 5 aromatic heterocycles. The summed E-state index contributed by atoms with van der Waals surface area (Å²) in [7, 11) is 35.6. The second kappa shape index (κ2) is 52.2. The Hall–Kier alpha value is -6.31. The third-order valence-corrected chi connectivity index (χ3v) is 26.0. The van der Waals surface area contributed by atoms with Gasteiger partial charge in [0.2, 0.25) is 0 Å². The third-order valence-electron chi connectivity index (χ3n) is 19.7. The minimum atomic E-state index is -1.72. The molecule has 0 fully saturated rings. The van der Waals surface area contributed by atoms with Gasteiger partial charge in [-0.05, 0) is 298 Å². The first-order valence-electron chi connectivity index (χ1n) is 39.2. The van der Waals surface area contributed by atoms with E-state index in [-0.39, 0.29) is 88.2 Å². The number of rotatable bonds is 24. The Kier molecular flexibility index (Phi) is 44.8. The van der Waals surface area contributed by atoms with E-state index >= 15 is 0 Å². The Morgan fingerprint density at radius 3 is 1.26 bits per heavy atom. The molecule has 1 N–H and O–H groups in total. The van der Waals surface area contributed by atoms with Gasteiger partial charge in [0.25, 0.3) is 5.24 Å². The summed E-state index contributed by atoms with van der Waals surface area (Å²) in [5, 5.41) is 16.9. The Bertz CT molecular complexity index is 5700. The van der Waals surface area contributed by atoms with Crippen LogP contribution in [-0.2, 0) is 44.1 Å². The maximum absolute atomic E-state index is 13.3. The Labute approximate surface area is 791 Å². The van der Waals surface area contributed by atoms with Gasteiger partial charge in [0.1, 0.15) is 34.7 Å². The van der Waals surface area contributed by atoms with E-state index in [1.165, 1.54) is 120 Å². The number of ketones is 1. The number of aliphatic hydroxyl groups is 1. The van der Waals surface area contributed by atoms with Gasteiger partial charge in [-0.1, -0.05) is 134 Å². The van der Waals surface area contributed by atoms with Crippen LogP contribution in [0.2, 0.25) is 0 Å². The van der Waals surface area contributed by atoms with Crippen LogP contribution in [0.4, 0.5) is 22.0 Å². The molecule has 0 saturated carbocycles. The summed E-state index contributed by atoms with van der Waals surface area (Å²) < 4.78 is 71.3. The van der Waals surface area contributed by atoms with Crippen molar-refractivity contribution in [3.63, 3.8) is 0 Å². The van der Waals surface area contributed by atoms with Crippen molar-refractivity contribution < 1.29 is 53.6 Å². The zero-order chi connectivity index (χ0) is 86.7. The molecule has 0 aliphatic heterocycles. The van der Waals surface area contributed by atoms with Crippen molar-refractivity contribution in [1.82, 2.24) is 24.5 Å². The molecular weight excluding hydrogens is 1820 g/mol. The number of hydrogen-bond donors (Lipinski definition) is 1. The number of carbonyl (C=O) groups excluding carboxylic acids is 2. The van der Waals surface area contributed by atoms with Crippen molar-refractivity contribution in [3.8, 4) is 0 Å². The molecule has 0 spiro atoms. The smallest absolute Gasteiger partial charge is 1.00 e. The predicted octanol–water partition coefficient (Wildman–Crippen LogP) is 22.8. The molecule has 644 valence electrons. The molecule has 0 radical (unpaired) electrons. The fraction of sp³-hybridized carbons (Fsp3) is 0.255. The molecule has 8 nitrogen and oxygen atoms in total. The molecule has 0 aliphatic rings. The van der Waals surface area contributed by atoms with Crippen LogP contribution in [0.3, 0.4) is 0 Å². The monoisotopic (exact) mass is 1920 g/mol. The van der Waals surface area contributed by atoms with Crippen molar-refractivity contribution >= 4 is 194 Å². The summed E-state index contributed by atoms with van der Waals surface area (Å²) in [4.78, 5) is 40.9. The molecule has 2 atom stereocenters. The minimum Gasteiger partial charge on any atom is -1.00 e. The van der Waals surface area contributed by atoms with Crippen LogP contribution in [0.5, 0.6) is 0 Å². The predicted molar refractivity (Wildman–Crippen MR) is 521 cm³/mol. The van der Waals surface area contributed by atoms with Gasteiger partial charge < -0.3 is 54.0 Å². The van der Waals surface area contributed by atoms with Gasteiger partial charge in [-0.15, -0.1) is 56.7 Å². The van der Waals surface area contributed by atoms with Crippen molar-refractivity contribution in [2.45, 2.75) is 63.9 Å². The first-order valence-corrected chi connectivity index (χ1v) is 48.9. The van der Waals surface area contributed by atoms with E-state index in [1.54, 1.807) is 78.1 Å². The van der Waals surface area contributed by atoms with Crippen LogP contribution < -0.4 is 17.0 Å². The minimum absolute atomic E-state index is 0. The van der Waals surface area contributed by atoms with Gasteiger partial charge in [0, 0.05) is 114 Å². The van der Waals surface area contributed by atoms with Crippen LogP contribution in [-0.4, -0.2) is 178 Å². The van der Waals surface area contributed by atoms with Crippen LogP contribution in [0.15, 0.2) is 249 Å². The number of hydrogen-bond acceptors (Lipinski definition) is 13. The summed E-state index contributed by atoms with van der Waals surface area (Å²) in [5.41, 5.74) is 7.22. The average Bonchev–Trinajstić information content (AvgIpc) is 1.63. The molecule has 25 heteroatoms. The molecule has 2 unspecified atom stereocenters. The van der Waals surface area contributed by atoms with E-state index in [2.05, 4.69) is 165 Å². The molecule has 0 bridgehead atoms. The van der Waals surface area contributed by atoms with E-state index in [1.807, 2.05) is 123 Å². The van der Waals surface area contributed by atoms with Crippen LogP contribution in [0.1, 0.15) is 104 Å². The van der Waals surface area contributed by atoms with Gasteiger partial charge in [-0.25, -0.2) is 52.1 Å². The Morgan fingerprint density at radius 1 is 0.423 bits per heavy atom. The van der Waals surface area contributed by atoms with E-state index in [0.29, 0.717) is 16.7 Å². The van der Waals surface area contributed by atoms with Gasteiger partial charge in [-0.3, -0.25) is 9.59 Å². The summed E-state index contributed by atoms with van der Waals surface area (Å²) in [5.74, 6) is -1.11. The van der Waals surface area contributed by atoms with Crippen LogP contribution in [0, 0.1) is 36.5 Å². The number of carbonyl (C=O) groups is 2. The number of nitrogens with zero attached hydrogens (tertiary/aromatic N) is 5. The Balaban J connectivity index is 0.000000229. The third kappa shape index (κ3) is 32.1. The number of fused-ring (bicyclic) bond motifs is 5. The maximum atomic E-state index is 13.3. The van der Waals surface area contributed by atoms with Crippen molar-refractivity contribution in [2.24, 2.45) is 0 Å². The second-order valence-corrected chi connectivity index (χ2v) is 42.8. The fourth-order valence-electron chi connectivity index (χ4n) is 13.4. The molecule has 15 aromatic rings. The van der Waals surface area contributed by atoms with Gasteiger partial charge >= 0.3 is 34.4 Å². The second-order valence-electron chi connectivity index (χ2n) is 30.3. The van der Waals surface area contributed by atoms with E-state index < -0.39 is 22.2 Å².